The maximum atomic E-state index is 8.83. The molecule has 0 bridgehead atoms. The van der Waals surface area contributed by atoms with Crippen molar-refractivity contribution < 1.29 is 9.94 Å². The molecular formula is C16H25NO2. The van der Waals surface area contributed by atoms with Crippen LogP contribution < -0.4 is 5.48 Å². The molecule has 0 unspecified atom stereocenters. The number of aliphatic hydroxyl groups is 1. The van der Waals surface area contributed by atoms with Gasteiger partial charge in [-0.2, -0.15) is 5.48 Å². The minimum absolute atomic E-state index is 0.315. The van der Waals surface area contributed by atoms with Gasteiger partial charge in [0.15, 0.2) is 0 Å². The molecule has 19 heavy (non-hydrogen) atoms. The zero-order valence-electron chi connectivity index (χ0n) is 11.6. The molecule has 0 aliphatic heterocycles. The number of hydrogen-bond donors (Lipinski definition) is 2. The van der Waals surface area contributed by atoms with Gasteiger partial charge in [-0.05, 0) is 37.2 Å². The van der Waals surface area contributed by atoms with Crippen molar-refractivity contribution in [3.05, 3.63) is 35.9 Å². The van der Waals surface area contributed by atoms with Crippen LogP contribution in [0.4, 0.5) is 0 Å². The highest BCUT2D eigenvalue weighted by atomic mass is 16.6. The molecule has 106 valence electrons. The minimum Gasteiger partial charge on any atom is -0.396 e. The Bertz CT molecular complexity index is 342. The van der Waals surface area contributed by atoms with E-state index in [0.29, 0.717) is 25.2 Å². The van der Waals surface area contributed by atoms with Crippen LogP contribution in [0, 0.1) is 5.92 Å². The van der Waals surface area contributed by atoms with Gasteiger partial charge in [0, 0.05) is 12.6 Å². The van der Waals surface area contributed by atoms with Gasteiger partial charge < -0.3 is 5.11 Å². The van der Waals surface area contributed by atoms with E-state index in [9.17, 15) is 0 Å². The lowest BCUT2D eigenvalue weighted by atomic mass is 9.97. The molecule has 1 saturated carbocycles. The van der Waals surface area contributed by atoms with Crippen molar-refractivity contribution in [1.29, 1.82) is 0 Å². The van der Waals surface area contributed by atoms with Gasteiger partial charge >= 0.3 is 0 Å². The first-order valence-corrected chi connectivity index (χ1v) is 7.42. The molecule has 3 heteroatoms. The number of aliphatic hydroxyl groups excluding tert-OH is 1. The summed E-state index contributed by atoms with van der Waals surface area (Å²) in [5.74, 6) is 0.710. The van der Waals surface area contributed by atoms with Crippen molar-refractivity contribution in [2.24, 2.45) is 5.92 Å². The van der Waals surface area contributed by atoms with Crippen LogP contribution in [0.25, 0.3) is 0 Å². The van der Waals surface area contributed by atoms with Gasteiger partial charge in [0.25, 0.3) is 0 Å². The van der Waals surface area contributed by atoms with E-state index in [-0.39, 0.29) is 0 Å². The summed E-state index contributed by atoms with van der Waals surface area (Å²) in [6.07, 6.45) is 7.03. The predicted octanol–water partition coefficient (Wildman–Crippen LogP) is 3.04. The highest BCUT2D eigenvalue weighted by Crippen LogP contribution is 2.29. The fraction of sp³-hybridized carbons (Fsp3) is 0.625. The zero-order valence-corrected chi connectivity index (χ0v) is 11.6. The lowest BCUT2D eigenvalue weighted by Gasteiger charge is -2.20. The first kappa shape index (κ1) is 14.5. The van der Waals surface area contributed by atoms with Gasteiger partial charge in [-0.3, -0.25) is 4.84 Å². The summed E-state index contributed by atoms with van der Waals surface area (Å²) in [7, 11) is 0. The van der Waals surface area contributed by atoms with Crippen molar-refractivity contribution in [1.82, 2.24) is 5.48 Å². The van der Waals surface area contributed by atoms with Crippen LogP contribution in [0.2, 0.25) is 0 Å². The number of rotatable bonds is 8. The van der Waals surface area contributed by atoms with Crippen LogP contribution in [0.5, 0.6) is 0 Å². The number of hydroxylamine groups is 1. The molecule has 0 spiro atoms. The number of benzene rings is 1. The Labute approximate surface area is 115 Å². The summed E-state index contributed by atoms with van der Waals surface area (Å²) in [6, 6.07) is 10.7. The molecule has 1 aliphatic carbocycles. The van der Waals surface area contributed by atoms with E-state index < -0.39 is 0 Å². The number of unbranched alkanes of at least 4 members (excludes halogenated alkanes) is 1. The Morgan fingerprint density at radius 1 is 1.16 bits per heavy atom. The SMILES string of the molecule is OCCCC[C@@H]1CCC[C@H]1NOCc1ccccc1. The second-order valence-corrected chi connectivity index (χ2v) is 5.41. The largest absolute Gasteiger partial charge is 0.396 e. The summed E-state index contributed by atoms with van der Waals surface area (Å²) in [6.45, 7) is 0.940. The molecule has 1 aromatic rings. The summed E-state index contributed by atoms with van der Waals surface area (Å²) in [5.41, 5.74) is 4.44. The molecule has 1 aromatic carbocycles. The van der Waals surface area contributed by atoms with E-state index in [1.165, 1.54) is 31.2 Å². The zero-order chi connectivity index (χ0) is 13.3. The number of hydrogen-bond acceptors (Lipinski definition) is 3. The van der Waals surface area contributed by atoms with Gasteiger partial charge in [0.05, 0.1) is 6.61 Å². The Morgan fingerprint density at radius 2 is 2.00 bits per heavy atom. The monoisotopic (exact) mass is 263 g/mol. The molecule has 2 rings (SSSR count). The quantitative estimate of drug-likeness (QED) is 0.559. The normalized spacial score (nSPS) is 22.8. The molecule has 1 fully saturated rings. The first-order valence-electron chi connectivity index (χ1n) is 7.42. The Kier molecular flexibility index (Phi) is 6.34. The van der Waals surface area contributed by atoms with Crippen LogP contribution in [0.3, 0.4) is 0 Å². The molecule has 0 aromatic heterocycles. The van der Waals surface area contributed by atoms with E-state index in [1.54, 1.807) is 0 Å². The van der Waals surface area contributed by atoms with Crippen LogP contribution >= 0.6 is 0 Å². The van der Waals surface area contributed by atoms with Gasteiger partial charge in [0.1, 0.15) is 0 Å². The summed E-state index contributed by atoms with van der Waals surface area (Å²) in [4.78, 5) is 5.64. The summed E-state index contributed by atoms with van der Waals surface area (Å²) in [5, 5.41) is 8.83. The van der Waals surface area contributed by atoms with Crippen molar-refractivity contribution in [2.75, 3.05) is 6.61 Å². The van der Waals surface area contributed by atoms with Gasteiger partial charge in [0.2, 0.25) is 0 Å². The molecule has 0 radical (unpaired) electrons. The first-order chi connectivity index (χ1) is 9.40. The lowest BCUT2D eigenvalue weighted by Crippen LogP contribution is -2.32. The van der Waals surface area contributed by atoms with Crippen molar-refractivity contribution in [3.8, 4) is 0 Å². The van der Waals surface area contributed by atoms with Crippen molar-refractivity contribution >= 4 is 0 Å². The average Bonchev–Trinajstić information content (AvgIpc) is 2.88. The van der Waals surface area contributed by atoms with Crippen LogP contribution in [0.1, 0.15) is 44.1 Å². The highest BCUT2D eigenvalue weighted by molar-refractivity contribution is 5.13. The van der Waals surface area contributed by atoms with Gasteiger partial charge in [-0.1, -0.05) is 43.2 Å². The molecule has 1 aliphatic rings. The Balaban J connectivity index is 1.66. The second-order valence-electron chi connectivity index (χ2n) is 5.41. The van der Waals surface area contributed by atoms with E-state index >= 15 is 0 Å². The average molecular weight is 263 g/mol. The fourth-order valence-electron chi connectivity index (χ4n) is 2.86. The van der Waals surface area contributed by atoms with E-state index in [1.807, 2.05) is 18.2 Å². The third kappa shape index (κ3) is 4.94. The molecule has 0 heterocycles. The minimum atomic E-state index is 0.315. The predicted molar refractivity (Wildman–Crippen MR) is 76.4 cm³/mol. The number of nitrogens with one attached hydrogen (secondary N) is 1. The molecule has 0 amide bonds. The van der Waals surface area contributed by atoms with Crippen molar-refractivity contribution in [2.45, 2.75) is 51.2 Å². The Hall–Kier alpha value is -0.900. The van der Waals surface area contributed by atoms with Crippen LogP contribution in [-0.4, -0.2) is 17.8 Å². The topological polar surface area (TPSA) is 41.5 Å². The van der Waals surface area contributed by atoms with Crippen LogP contribution in [-0.2, 0) is 11.4 Å². The maximum absolute atomic E-state index is 8.83. The van der Waals surface area contributed by atoms with Gasteiger partial charge in [-0.15, -0.1) is 0 Å². The molecule has 0 saturated heterocycles. The van der Waals surface area contributed by atoms with Crippen LogP contribution in [0.15, 0.2) is 30.3 Å². The fourth-order valence-corrected chi connectivity index (χ4v) is 2.86. The highest BCUT2D eigenvalue weighted by Gasteiger charge is 2.26. The second kappa shape index (κ2) is 8.31. The smallest absolute Gasteiger partial charge is 0.0933 e. The summed E-state index contributed by atoms with van der Waals surface area (Å²) < 4.78 is 0. The van der Waals surface area contributed by atoms with E-state index in [0.717, 1.165) is 12.8 Å². The van der Waals surface area contributed by atoms with Crippen molar-refractivity contribution in [3.63, 3.8) is 0 Å². The molecule has 3 nitrogen and oxygen atoms in total. The molecule has 2 N–H and O–H groups in total. The van der Waals surface area contributed by atoms with Gasteiger partial charge in [-0.25, -0.2) is 0 Å². The molecule has 2 atom stereocenters. The Morgan fingerprint density at radius 3 is 2.79 bits per heavy atom. The maximum Gasteiger partial charge on any atom is 0.0933 e. The summed E-state index contributed by atoms with van der Waals surface area (Å²) >= 11 is 0. The molecular weight excluding hydrogens is 238 g/mol. The van der Waals surface area contributed by atoms with E-state index in [4.69, 9.17) is 9.94 Å². The van der Waals surface area contributed by atoms with E-state index in [2.05, 4.69) is 17.6 Å². The lowest BCUT2D eigenvalue weighted by molar-refractivity contribution is -0.00609. The standard InChI is InChI=1S/C16H25NO2/c18-12-5-4-9-15-10-6-11-16(15)17-19-13-14-7-2-1-3-8-14/h1-3,7-8,15-18H,4-6,9-13H2/t15-,16-/m1/s1. The third-order valence-corrected chi connectivity index (χ3v) is 3.96. The third-order valence-electron chi connectivity index (χ3n) is 3.96.